The molecule has 0 spiro atoms. The molecule has 0 fully saturated rings. The van der Waals surface area contributed by atoms with Crippen LogP contribution in [0, 0.1) is 0 Å². The molecule has 0 aliphatic carbocycles. The van der Waals surface area contributed by atoms with Gasteiger partial charge in [-0.2, -0.15) is 11.8 Å². The van der Waals surface area contributed by atoms with Crippen molar-refractivity contribution in [1.29, 1.82) is 0 Å². The Bertz CT molecular complexity index is 223. The fourth-order valence-corrected chi connectivity index (χ4v) is 3.25. The fraction of sp³-hybridized carbons (Fsp3) is 0.455. The van der Waals surface area contributed by atoms with E-state index in [0.717, 1.165) is 0 Å². The molecule has 1 aromatic carbocycles. The second kappa shape index (κ2) is 6.27. The second-order valence-electron chi connectivity index (χ2n) is 3.28. The zero-order valence-corrected chi connectivity index (χ0v) is 11.3. The van der Waals surface area contributed by atoms with E-state index in [9.17, 15) is 0 Å². The smallest absolute Gasteiger partial charge is 0.0269 e. The van der Waals surface area contributed by atoms with Crippen LogP contribution in [-0.4, -0.2) is 16.0 Å². The second-order valence-corrected chi connectivity index (χ2v) is 5.73. The number of benzene rings is 1. The summed E-state index contributed by atoms with van der Waals surface area (Å²) in [5.41, 5.74) is 1.46. The van der Waals surface area contributed by atoms with Crippen molar-refractivity contribution in [1.82, 2.24) is 0 Å². The summed E-state index contributed by atoms with van der Waals surface area (Å²) in [6.45, 7) is 2.30. The quantitative estimate of drug-likeness (QED) is 0.532. The van der Waals surface area contributed by atoms with Crippen LogP contribution in [0.25, 0.3) is 0 Å². The van der Waals surface area contributed by atoms with Crippen molar-refractivity contribution in [2.45, 2.75) is 24.6 Å². The van der Waals surface area contributed by atoms with E-state index in [2.05, 4.69) is 49.0 Å². The molecule has 1 rings (SSSR count). The summed E-state index contributed by atoms with van der Waals surface area (Å²) in [4.78, 5) is 0. The van der Waals surface area contributed by atoms with Crippen LogP contribution < -0.4 is 0 Å². The van der Waals surface area contributed by atoms with Crippen LogP contribution in [0.4, 0.5) is 0 Å². The monoisotopic (exact) mass is 210 g/mol. The van der Waals surface area contributed by atoms with Gasteiger partial charge in [0.05, 0.1) is 0 Å². The first-order chi connectivity index (χ1) is 6.34. The van der Waals surface area contributed by atoms with Gasteiger partial charge in [-0.25, -0.2) is 0 Å². The summed E-state index contributed by atoms with van der Waals surface area (Å²) in [6, 6.07) is 12.2. The predicted octanol–water partition coefficient (Wildman–Crippen LogP) is 2.65. The molecule has 0 radical (unpaired) electrons. The third kappa shape index (κ3) is 4.01. The SMILES string of the molecule is CC(SCCC[SiH3])c1ccccc1. The number of hydrogen-bond donors (Lipinski definition) is 0. The lowest BCUT2D eigenvalue weighted by Crippen LogP contribution is -1.89. The molecule has 0 aliphatic rings. The Morgan fingerprint density at radius 3 is 2.62 bits per heavy atom. The molecule has 1 unspecified atom stereocenters. The highest BCUT2D eigenvalue weighted by molar-refractivity contribution is 7.99. The average Bonchev–Trinajstić information content (AvgIpc) is 2.19. The summed E-state index contributed by atoms with van der Waals surface area (Å²) in [5.74, 6) is 1.32. The van der Waals surface area contributed by atoms with Gasteiger partial charge < -0.3 is 0 Å². The maximum absolute atomic E-state index is 2.30. The summed E-state index contributed by atoms with van der Waals surface area (Å²) < 4.78 is 0. The molecule has 0 aromatic heterocycles. The summed E-state index contributed by atoms with van der Waals surface area (Å²) in [6.07, 6.45) is 1.40. The van der Waals surface area contributed by atoms with E-state index in [0.29, 0.717) is 5.25 Å². The van der Waals surface area contributed by atoms with Crippen molar-refractivity contribution in [3.8, 4) is 0 Å². The first-order valence-electron chi connectivity index (χ1n) is 5.01. The van der Waals surface area contributed by atoms with Crippen molar-refractivity contribution in [2.75, 3.05) is 5.75 Å². The Morgan fingerprint density at radius 2 is 2.00 bits per heavy atom. The van der Waals surface area contributed by atoms with Gasteiger partial charge in [-0.15, -0.1) is 0 Å². The third-order valence-corrected chi connectivity index (χ3v) is 4.14. The topological polar surface area (TPSA) is 0 Å². The van der Waals surface area contributed by atoms with Crippen LogP contribution in [0.3, 0.4) is 0 Å². The van der Waals surface area contributed by atoms with E-state index in [1.807, 2.05) is 0 Å². The Hall–Kier alpha value is -0.213. The zero-order chi connectivity index (χ0) is 9.52. The number of thioether (sulfide) groups is 1. The highest BCUT2D eigenvalue weighted by Crippen LogP contribution is 2.28. The van der Waals surface area contributed by atoms with Gasteiger partial charge in [-0.05, 0) is 24.7 Å². The van der Waals surface area contributed by atoms with Crippen LogP contribution in [0.5, 0.6) is 0 Å². The van der Waals surface area contributed by atoms with E-state index >= 15 is 0 Å². The van der Waals surface area contributed by atoms with Crippen molar-refractivity contribution in [3.63, 3.8) is 0 Å². The zero-order valence-electron chi connectivity index (χ0n) is 8.49. The Morgan fingerprint density at radius 1 is 1.31 bits per heavy atom. The van der Waals surface area contributed by atoms with Gasteiger partial charge in [-0.3, -0.25) is 0 Å². The van der Waals surface area contributed by atoms with E-state index in [4.69, 9.17) is 0 Å². The van der Waals surface area contributed by atoms with Crippen LogP contribution in [0.2, 0.25) is 6.04 Å². The van der Waals surface area contributed by atoms with Gasteiger partial charge in [-0.1, -0.05) is 36.4 Å². The van der Waals surface area contributed by atoms with E-state index in [1.165, 1.54) is 34.0 Å². The van der Waals surface area contributed by atoms with Crippen LogP contribution in [0.15, 0.2) is 30.3 Å². The normalized spacial score (nSPS) is 13.0. The van der Waals surface area contributed by atoms with E-state index in [-0.39, 0.29) is 0 Å². The first-order valence-corrected chi connectivity index (χ1v) is 7.47. The molecule has 0 N–H and O–H groups in total. The number of rotatable bonds is 5. The van der Waals surface area contributed by atoms with Gasteiger partial charge in [0.15, 0.2) is 0 Å². The van der Waals surface area contributed by atoms with Crippen molar-refractivity contribution >= 4 is 22.0 Å². The fourth-order valence-electron chi connectivity index (χ4n) is 1.22. The number of hydrogen-bond acceptors (Lipinski definition) is 1. The maximum Gasteiger partial charge on any atom is 0.0269 e. The van der Waals surface area contributed by atoms with Crippen LogP contribution >= 0.6 is 11.8 Å². The summed E-state index contributed by atoms with van der Waals surface area (Å²) >= 11 is 2.08. The van der Waals surface area contributed by atoms with Crippen molar-refractivity contribution in [2.24, 2.45) is 0 Å². The maximum atomic E-state index is 2.30. The predicted molar refractivity (Wildman–Crippen MR) is 66.7 cm³/mol. The van der Waals surface area contributed by atoms with Gasteiger partial charge in [0, 0.05) is 15.5 Å². The molecule has 13 heavy (non-hydrogen) atoms. The van der Waals surface area contributed by atoms with Crippen molar-refractivity contribution in [3.05, 3.63) is 35.9 Å². The molecule has 0 bridgehead atoms. The van der Waals surface area contributed by atoms with Crippen LogP contribution in [0.1, 0.15) is 24.2 Å². The molecular weight excluding hydrogens is 192 g/mol. The van der Waals surface area contributed by atoms with Gasteiger partial charge in [0.2, 0.25) is 0 Å². The molecule has 0 aliphatic heterocycles. The molecular formula is C11H18SSi. The lowest BCUT2D eigenvalue weighted by molar-refractivity contribution is 1.06. The Balaban J connectivity index is 2.35. The highest BCUT2D eigenvalue weighted by Gasteiger charge is 2.03. The first kappa shape index (κ1) is 10.9. The van der Waals surface area contributed by atoms with Crippen molar-refractivity contribution < 1.29 is 0 Å². The molecule has 0 saturated carbocycles. The minimum absolute atomic E-state index is 0.661. The third-order valence-electron chi connectivity index (χ3n) is 2.13. The molecule has 2 heteroatoms. The van der Waals surface area contributed by atoms with Gasteiger partial charge >= 0.3 is 0 Å². The minimum Gasteiger partial charge on any atom is -0.154 e. The van der Waals surface area contributed by atoms with Gasteiger partial charge in [0.25, 0.3) is 0 Å². The molecule has 72 valence electrons. The Labute approximate surface area is 88.6 Å². The summed E-state index contributed by atoms with van der Waals surface area (Å²) in [5, 5.41) is 0.661. The highest BCUT2D eigenvalue weighted by atomic mass is 32.2. The molecule has 0 saturated heterocycles. The van der Waals surface area contributed by atoms with E-state index in [1.54, 1.807) is 0 Å². The van der Waals surface area contributed by atoms with Crippen LogP contribution in [-0.2, 0) is 0 Å². The standard InChI is InChI=1S/C11H18SSi/c1-10(12-8-5-9-13)11-6-3-2-4-7-11/h2-4,6-7,10H,5,8-9H2,1,13H3. The minimum atomic E-state index is 0.661. The lowest BCUT2D eigenvalue weighted by Gasteiger charge is -2.10. The largest absolute Gasteiger partial charge is 0.154 e. The van der Waals surface area contributed by atoms with Gasteiger partial charge in [0.1, 0.15) is 0 Å². The lowest BCUT2D eigenvalue weighted by atomic mass is 10.2. The van der Waals surface area contributed by atoms with E-state index < -0.39 is 0 Å². The molecule has 1 aromatic rings. The Kier molecular flexibility index (Phi) is 5.24. The summed E-state index contributed by atoms with van der Waals surface area (Å²) in [7, 11) is 1.36. The molecule has 0 amide bonds. The molecule has 0 heterocycles. The molecule has 1 atom stereocenters. The molecule has 0 nitrogen and oxygen atoms in total. The average molecular weight is 210 g/mol.